The van der Waals surface area contributed by atoms with Crippen molar-refractivity contribution >= 4 is 21.7 Å². The monoisotopic (exact) mass is 679 g/mol. The molecule has 0 aromatic heterocycles. The standard InChI is InChI=1S/C31H29F8NO5S/c32-20-2-1-3-21(17-20)46(44,45)28-14-15-40(24(41)26-8-11-27(12-9-26,13-10-26)25(42)43)23(28)7-4-18-16-19(5-6-22(18)28)29(33,30(34,35)36)31(37,38)39/h1-3,5-6,16-17,23H,4,7-15H2,(H,42,43). The van der Waals surface area contributed by atoms with Gasteiger partial charge in [0.1, 0.15) is 10.6 Å². The predicted molar refractivity (Wildman–Crippen MR) is 145 cm³/mol. The van der Waals surface area contributed by atoms with E-state index in [1.165, 1.54) is 4.90 Å². The highest BCUT2D eigenvalue weighted by atomic mass is 32.2. The van der Waals surface area contributed by atoms with E-state index in [1.807, 2.05) is 0 Å². The van der Waals surface area contributed by atoms with Gasteiger partial charge in [0, 0.05) is 17.5 Å². The van der Waals surface area contributed by atoms with Crippen LogP contribution in [0.5, 0.6) is 0 Å². The Morgan fingerprint density at radius 3 is 1.96 bits per heavy atom. The summed E-state index contributed by atoms with van der Waals surface area (Å²) >= 11 is 0. The fraction of sp³-hybridized carbons (Fsp3) is 0.548. The zero-order chi connectivity index (χ0) is 33.7. The van der Waals surface area contributed by atoms with Crippen molar-refractivity contribution in [2.75, 3.05) is 6.54 Å². The van der Waals surface area contributed by atoms with Crippen LogP contribution in [0.3, 0.4) is 0 Å². The lowest BCUT2D eigenvalue weighted by Gasteiger charge is -2.52. The molecule has 2 bridgehead atoms. The molecule has 0 spiro atoms. The number of sulfone groups is 1. The van der Waals surface area contributed by atoms with E-state index in [1.54, 1.807) is 0 Å². The van der Waals surface area contributed by atoms with Crippen LogP contribution in [0.25, 0.3) is 0 Å². The molecule has 0 radical (unpaired) electrons. The fourth-order valence-electron chi connectivity index (χ4n) is 8.45. The lowest BCUT2D eigenvalue weighted by Crippen LogP contribution is -2.57. The van der Waals surface area contributed by atoms with Crippen molar-refractivity contribution in [3.8, 4) is 0 Å². The maximum absolute atomic E-state index is 15.1. The molecule has 1 heterocycles. The molecule has 1 amide bonds. The number of aliphatic carboxylic acids is 1. The largest absolute Gasteiger partial charge is 0.481 e. The third kappa shape index (κ3) is 4.28. The van der Waals surface area contributed by atoms with Crippen molar-refractivity contribution in [1.29, 1.82) is 0 Å². The molecule has 250 valence electrons. The average Bonchev–Trinajstić information content (AvgIpc) is 3.41. The second kappa shape index (κ2) is 10.1. The quantitative estimate of drug-likeness (QED) is 0.353. The summed E-state index contributed by atoms with van der Waals surface area (Å²) in [6, 6.07) is 4.30. The van der Waals surface area contributed by atoms with E-state index in [2.05, 4.69) is 0 Å². The van der Waals surface area contributed by atoms with Gasteiger partial charge in [-0.2, -0.15) is 26.3 Å². The molecule has 2 atom stereocenters. The van der Waals surface area contributed by atoms with E-state index in [4.69, 9.17) is 0 Å². The van der Waals surface area contributed by atoms with Gasteiger partial charge in [0.15, 0.2) is 9.84 Å². The third-order valence-corrected chi connectivity index (χ3v) is 13.6. The maximum atomic E-state index is 15.1. The predicted octanol–water partition coefficient (Wildman–Crippen LogP) is 6.76. The van der Waals surface area contributed by atoms with Gasteiger partial charge in [-0.05, 0) is 87.1 Å². The lowest BCUT2D eigenvalue weighted by atomic mass is 9.53. The van der Waals surface area contributed by atoms with E-state index in [-0.39, 0.29) is 87.4 Å². The molecule has 4 aliphatic carbocycles. The number of alkyl halides is 7. The van der Waals surface area contributed by atoms with Crippen LogP contribution in [0.1, 0.15) is 68.1 Å². The number of halogens is 8. The number of aryl methyl sites for hydroxylation is 1. The van der Waals surface area contributed by atoms with Crippen LogP contribution in [0.4, 0.5) is 35.1 Å². The summed E-state index contributed by atoms with van der Waals surface area (Å²) in [7, 11) is -4.69. The van der Waals surface area contributed by atoms with Crippen LogP contribution in [0.15, 0.2) is 47.4 Å². The van der Waals surface area contributed by atoms with Gasteiger partial charge >= 0.3 is 24.0 Å². The topological polar surface area (TPSA) is 91.8 Å². The van der Waals surface area contributed by atoms with Crippen molar-refractivity contribution in [3.05, 3.63) is 65.0 Å². The SMILES string of the molecule is O=C(O)C12CCC(C(=O)N3CCC4(S(=O)(=O)c5cccc(F)c5)c5ccc(C(F)(C(F)(F)F)C(F)(F)F)cc5CCC34)(CC1)CC2. The van der Waals surface area contributed by atoms with Gasteiger partial charge in [0.2, 0.25) is 5.91 Å². The Labute approximate surface area is 258 Å². The van der Waals surface area contributed by atoms with Gasteiger partial charge in [-0.3, -0.25) is 9.59 Å². The van der Waals surface area contributed by atoms with E-state index in [0.717, 1.165) is 30.3 Å². The summed E-state index contributed by atoms with van der Waals surface area (Å²) in [6.07, 6.45) is -12.0. The minimum atomic E-state index is -6.38. The molecule has 7 rings (SSSR count). The molecule has 1 saturated heterocycles. The molecule has 6 nitrogen and oxygen atoms in total. The van der Waals surface area contributed by atoms with Crippen molar-refractivity contribution in [2.45, 2.75) is 91.5 Å². The molecule has 2 aromatic rings. The molecule has 15 heteroatoms. The Bertz CT molecular complexity index is 1680. The van der Waals surface area contributed by atoms with Crippen molar-refractivity contribution in [3.63, 3.8) is 0 Å². The highest BCUT2D eigenvalue weighted by Gasteiger charge is 2.74. The normalized spacial score (nSPS) is 29.7. The van der Waals surface area contributed by atoms with E-state index in [0.29, 0.717) is 6.07 Å². The third-order valence-electron chi connectivity index (χ3n) is 11.1. The smallest absolute Gasteiger partial charge is 0.435 e. The highest BCUT2D eigenvalue weighted by Crippen LogP contribution is 2.61. The van der Waals surface area contributed by atoms with Gasteiger partial charge in [0.05, 0.1) is 16.4 Å². The van der Waals surface area contributed by atoms with Crippen LogP contribution in [0.2, 0.25) is 0 Å². The molecule has 5 aliphatic rings. The Balaban J connectivity index is 1.48. The van der Waals surface area contributed by atoms with Gasteiger partial charge in [-0.25, -0.2) is 17.2 Å². The van der Waals surface area contributed by atoms with E-state index >= 15 is 4.39 Å². The molecular formula is C31H29F8NO5S. The number of carboxylic acids is 1. The molecular weight excluding hydrogens is 650 g/mol. The Morgan fingerprint density at radius 1 is 0.826 bits per heavy atom. The van der Waals surface area contributed by atoms with E-state index in [9.17, 15) is 53.8 Å². The summed E-state index contributed by atoms with van der Waals surface area (Å²) in [6.45, 7) is -0.136. The first kappa shape index (κ1) is 32.7. The van der Waals surface area contributed by atoms with Crippen molar-refractivity contribution in [1.82, 2.24) is 4.90 Å². The summed E-state index contributed by atoms with van der Waals surface area (Å²) in [5.74, 6) is -2.23. The van der Waals surface area contributed by atoms with E-state index < -0.39 is 71.7 Å². The number of amides is 1. The summed E-state index contributed by atoms with van der Waals surface area (Å²) in [4.78, 5) is 27.2. The summed E-state index contributed by atoms with van der Waals surface area (Å²) in [5, 5.41) is 9.77. The number of likely N-dealkylation sites (tertiary alicyclic amines) is 1. The molecule has 2 unspecified atom stereocenters. The number of carbonyl (C=O) groups is 2. The number of benzene rings is 2. The number of hydrogen-bond donors (Lipinski definition) is 1. The number of nitrogens with zero attached hydrogens (tertiary/aromatic N) is 1. The molecule has 46 heavy (non-hydrogen) atoms. The van der Waals surface area contributed by atoms with Crippen LogP contribution in [-0.2, 0) is 36.3 Å². The summed E-state index contributed by atoms with van der Waals surface area (Å²) < 4.78 is 138. The Morgan fingerprint density at radius 2 is 1.41 bits per heavy atom. The van der Waals surface area contributed by atoms with Crippen molar-refractivity contribution < 1.29 is 58.2 Å². The maximum Gasteiger partial charge on any atom is 0.435 e. The number of carboxylic acid groups (broad SMARTS) is 1. The first-order valence-electron chi connectivity index (χ1n) is 14.8. The Hall–Kier alpha value is -3.23. The van der Waals surface area contributed by atoms with Crippen LogP contribution < -0.4 is 0 Å². The highest BCUT2D eigenvalue weighted by molar-refractivity contribution is 7.92. The van der Waals surface area contributed by atoms with Gasteiger partial charge in [0.25, 0.3) is 0 Å². The minimum absolute atomic E-state index is 0.136. The second-order valence-corrected chi connectivity index (χ2v) is 15.3. The number of rotatable bonds is 5. The van der Waals surface area contributed by atoms with Crippen LogP contribution in [0, 0.1) is 16.6 Å². The van der Waals surface area contributed by atoms with Crippen LogP contribution in [-0.4, -0.2) is 55.2 Å². The average molecular weight is 680 g/mol. The first-order valence-corrected chi connectivity index (χ1v) is 16.3. The first-order chi connectivity index (χ1) is 21.3. The zero-order valence-electron chi connectivity index (χ0n) is 24.1. The molecule has 1 N–H and O–H groups in total. The molecule has 1 aliphatic heterocycles. The van der Waals surface area contributed by atoms with Gasteiger partial charge in [-0.15, -0.1) is 0 Å². The zero-order valence-corrected chi connectivity index (χ0v) is 25.0. The number of fused-ring (bicyclic) bond motifs is 6. The fourth-order valence-corrected chi connectivity index (χ4v) is 10.8. The van der Waals surface area contributed by atoms with Crippen LogP contribution >= 0.6 is 0 Å². The Kier molecular flexibility index (Phi) is 7.20. The molecule has 2 aromatic carbocycles. The van der Waals surface area contributed by atoms with Gasteiger partial charge < -0.3 is 10.0 Å². The van der Waals surface area contributed by atoms with Crippen molar-refractivity contribution in [2.24, 2.45) is 10.8 Å². The summed E-state index contributed by atoms with van der Waals surface area (Å²) in [5.41, 5.74) is -9.79. The lowest BCUT2D eigenvalue weighted by molar-refractivity contribution is -0.348. The molecule has 4 fully saturated rings. The number of carbonyl (C=O) groups excluding carboxylic acids is 1. The minimum Gasteiger partial charge on any atom is -0.481 e. The molecule has 3 saturated carbocycles. The van der Waals surface area contributed by atoms with Gasteiger partial charge in [-0.1, -0.05) is 24.3 Å². The number of hydrogen-bond acceptors (Lipinski definition) is 4. The second-order valence-electron chi connectivity index (χ2n) is 13.0.